The van der Waals surface area contributed by atoms with Crippen molar-refractivity contribution in [1.82, 2.24) is 4.98 Å². The topological polar surface area (TPSA) is 26.0 Å². The third kappa shape index (κ3) is 1.61. The Hall–Kier alpha value is -1.57. The van der Waals surface area contributed by atoms with Crippen LogP contribution in [0, 0.1) is 20.0 Å². The first-order chi connectivity index (χ1) is 6.25. The van der Waals surface area contributed by atoms with Crippen LogP contribution in [0.3, 0.4) is 0 Å². The molecule has 0 N–H and O–H groups in total. The molecule has 0 aliphatic carbocycles. The summed E-state index contributed by atoms with van der Waals surface area (Å²) in [6.45, 7) is 3.88. The Morgan fingerprint density at radius 2 is 2.15 bits per heavy atom. The van der Waals surface area contributed by atoms with Crippen LogP contribution in [0.4, 0.5) is 0 Å². The minimum atomic E-state index is 0.640. The molecule has 0 spiro atoms. The van der Waals surface area contributed by atoms with Gasteiger partial charge in [0.25, 0.3) is 0 Å². The van der Waals surface area contributed by atoms with E-state index in [1.54, 1.807) is 0 Å². The molecule has 2 aromatic rings. The fourth-order valence-corrected chi connectivity index (χ4v) is 1.22. The van der Waals surface area contributed by atoms with E-state index in [2.05, 4.69) is 11.2 Å². The molecule has 1 aromatic carbocycles. The number of aromatic nitrogens is 1. The van der Waals surface area contributed by atoms with Crippen LogP contribution in [0.15, 0.2) is 28.7 Å². The molecular weight excluding hydrogens is 162 g/mol. The minimum absolute atomic E-state index is 0.640. The van der Waals surface area contributed by atoms with Gasteiger partial charge in [-0.05, 0) is 26.0 Å². The van der Waals surface area contributed by atoms with E-state index >= 15 is 0 Å². The third-order valence-electron chi connectivity index (χ3n) is 1.83. The predicted molar refractivity (Wildman–Crippen MR) is 50.2 cm³/mol. The fourth-order valence-electron chi connectivity index (χ4n) is 1.22. The number of hydrogen-bond donors (Lipinski definition) is 0. The van der Waals surface area contributed by atoms with E-state index in [9.17, 15) is 0 Å². The van der Waals surface area contributed by atoms with Crippen LogP contribution in [-0.4, -0.2) is 4.98 Å². The summed E-state index contributed by atoms with van der Waals surface area (Å²) >= 11 is 0. The van der Waals surface area contributed by atoms with Crippen LogP contribution in [0.25, 0.3) is 11.5 Å². The van der Waals surface area contributed by atoms with Gasteiger partial charge in [-0.1, -0.05) is 17.7 Å². The summed E-state index contributed by atoms with van der Waals surface area (Å²) in [6.07, 6.45) is 2.77. The first-order valence-electron chi connectivity index (χ1n) is 4.18. The normalized spacial score (nSPS) is 10.3. The molecule has 2 rings (SSSR count). The van der Waals surface area contributed by atoms with E-state index in [0.717, 1.165) is 11.3 Å². The molecule has 0 amide bonds. The maximum Gasteiger partial charge on any atom is 0.226 e. The summed E-state index contributed by atoms with van der Waals surface area (Å²) in [4.78, 5) is 4.04. The molecule has 2 nitrogen and oxygen atoms in total. The van der Waals surface area contributed by atoms with E-state index < -0.39 is 0 Å². The van der Waals surface area contributed by atoms with Gasteiger partial charge in [0.05, 0.1) is 0 Å². The number of benzene rings is 1. The Kier molecular flexibility index (Phi) is 1.89. The Morgan fingerprint density at radius 3 is 2.77 bits per heavy atom. The van der Waals surface area contributed by atoms with Crippen molar-refractivity contribution in [2.24, 2.45) is 0 Å². The van der Waals surface area contributed by atoms with E-state index in [-0.39, 0.29) is 0 Å². The number of oxazole rings is 1. The summed E-state index contributed by atoms with van der Waals surface area (Å²) in [5.41, 5.74) is 2.21. The monoisotopic (exact) mass is 172 g/mol. The molecule has 0 atom stereocenters. The molecular formula is C11H10NO. The van der Waals surface area contributed by atoms with Gasteiger partial charge in [-0.15, -0.1) is 0 Å². The van der Waals surface area contributed by atoms with E-state index in [0.29, 0.717) is 5.89 Å². The number of nitrogens with zero attached hydrogens (tertiary/aromatic N) is 1. The van der Waals surface area contributed by atoms with Crippen molar-refractivity contribution in [3.63, 3.8) is 0 Å². The second-order valence-corrected chi connectivity index (χ2v) is 3.06. The first-order valence-corrected chi connectivity index (χ1v) is 4.18. The second-order valence-electron chi connectivity index (χ2n) is 3.06. The lowest BCUT2D eigenvalue weighted by atomic mass is 10.1. The molecule has 0 aliphatic heterocycles. The summed E-state index contributed by atoms with van der Waals surface area (Å²) in [7, 11) is 0. The highest BCUT2D eigenvalue weighted by molar-refractivity contribution is 5.53. The Bertz CT molecular complexity index is 418. The molecule has 2 heteroatoms. The summed E-state index contributed by atoms with van der Waals surface area (Å²) in [5.74, 6) is 1.36. The largest absolute Gasteiger partial charge is 0.441 e. The Balaban J connectivity index is 2.46. The lowest BCUT2D eigenvalue weighted by Crippen LogP contribution is -1.77. The highest BCUT2D eigenvalue weighted by Gasteiger charge is 2.03. The number of hydrogen-bond acceptors (Lipinski definition) is 2. The quantitative estimate of drug-likeness (QED) is 0.661. The van der Waals surface area contributed by atoms with Crippen LogP contribution < -0.4 is 0 Å². The van der Waals surface area contributed by atoms with Crippen molar-refractivity contribution in [3.05, 3.63) is 41.8 Å². The molecule has 1 heterocycles. The molecule has 0 unspecified atom stereocenters. The van der Waals surface area contributed by atoms with Gasteiger partial charge in [0, 0.05) is 5.56 Å². The first kappa shape index (κ1) is 8.05. The zero-order chi connectivity index (χ0) is 9.26. The average molecular weight is 172 g/mol. The van der Waals surface area contributed by atoms with Gasteiger partial charge in [0.15, 0.2) is 0 Å². The standard InChI is InChI=1S/C11H10NO/c1-8-4-3-5-10(6-8)11-12-7-9(2)13-11/h3-6H,1-2H3. The molecule has 0 fully saturated rings. The van der Waals surface area contributed by atoms with Crippen molar-refractivity contribution in [1.29, 1.82) is 0 Å². The summed E-state index contributed by atoms with van der Waals surface area (Å²) in [6, 6.07) is 8.05. The molecule has 0 bridgehead atoms. The molecule has 13 heavy (non-hydrogen) atoms. The van der Waals surface area contributed by atoms with E-state index in [1.165, 1.54) is 5.56 Å². The van der Waals surface area contributed by atoms with Crippen molar-refractivity contribution in [3.8, 4) is 11.5 Å². The van der Waals surface area contributed by atoms with Crippen molar-refractivity contribution in [2.45, 2.75) is 13.8 Å². The van der Waals surface area contributed by atoms with Gasteiger partial charge in [-0.3, -0.25) is 0 Å². The van der Waals surface area contributed by atoms with E-state index in [1.807, 2.05) is 38.1 Å². The van der Waals surface area contributed by atoms with Crippen molar-refractivity contribution >= 4 is 0 Å². The van der Waals surface area contributed by atoms with Crippen LogP contribution in [-0.2, 0) is 0 Å². The zero-order valence-corrected chi connectivity index (χ0v) is 7.66. The minimum Gasteiger partial charge on any atom is -0.441 e. The lowest BCUT2D eigenvalue weighted by Gasteiger charge is -1.96. The van der Waals surface area contributed by atoms with Crippen LogP contribution in [0.1, 0.15) is 11.3 Å². The van der Waals surface area contributed by atoms with Gasteiger partial charge >= 0.3 is 0 Å². The molecule has 65 valence electrons. The maximum atomic E-state index is 5.36. The van der Waals surface area contributed by atoms with Gasteiger partial charge in [0.1, 0.15) is 12.0 Å². The number of rotatable bonds is 1. The van der Waals surface area contributed by atoms with Gasteiger partial charge < -0.3 is 4.42 Å². The molecule has 0 saturated heterocycles. The van der Waals surface area contributed by atoms with Gasteiger partial charge in [-0.25, -0.2) is 4.98 Å². The predicted octanol–water partition coefficient (Wildman–Crippen LogP) is 2.76. The van der Waals surface area contributed by atoms with Crippen molar-refractivity contribution in [2.75, 3.05) is 0 Å². The second kappa shape index (κ2) is 3.05. The van der Waals surface area contributed by atoms with Crippen LogP contribution in [0.2, 0.25) is 0 Å². The smallest absolute Gasteiger partial charge is 0.226 e. The fraction of sp³-hybridized carbons (Fsp3) is 0.182. The van der Waals surface area contributed by atoms with E-state index in [4.69, 9.17) is 4.42 Å². The molecule has 0 saturated carbocycles. The highest BCUT2D eigenvalue weighted by Crippen LogP contribution is 2.19. The SMILES string of the molecule is Cc1cccc(-c2n[c]c(C)o2)c1. The lowest BCUT2D eigenvalue weighted by molar-refractivity contribution is 0.542. The van der Waals surface area contributed by atoms with Gasteiger partial charge in [-0.2, -0.15) is 0 Å². The molecule has 0 aliphatic rings. The van der Waals surface area contributed by atoms with Crippen LogP contribution in [0.5, 0.6) is 0 Å². The Morgan fingerprint density at radius 1 is 1.31 bits per heavy atom. The zero-order valence-electron chi connectivity index (χ0n) is 7.66. The van der Waals surface area contributed by atoms with Gasteiger partial charge in [0.2, 0.25) is 5.89 Å². The summed E-state index contributed by atoms with van der Waals surface area (Å²) < 4.78 is 5.36. The average Bonchev–Trinajstić information content (AvgIpc) is 2.52. The third-order valence-corrected chi connectivity index (χ3v) is 1.83. The summed E-state index contributed by atoms with van der Waals surface area (Å²) in [5, 5.41) is 0. The molecule has 1 aromatic heterocycles. The molecule has 1 radical (unpaired) electrons. The van der Waals surface area contributed by atoms with Crippen LogP contribution >= 0.6 is 0 Å². The number of aryl methyl sites for hydroxylation is 2. The van der Waals surface area contributed by atoms with Crippen molar-refractivity contribution < 1.29 is 4.42 Å². The Labute approximate surface area is 77.2 Å². The maximum absolute atomic E-state index is 5.36. The highest BCUT2D eigenvalue weighted by atomic mass is 16.4.